The lowest BCUT2D eigenvalue weighted by molar-refractivity contribution is -0.191. The monoisotopic (exact) mass is 500 g/mol. The van der Waals surface area contributed by atoms with Gasteiger partial charge in [0.15, 0.2) is 5.78 Å². The van der Waals surface area contributed by atoms with Crippen LogP contribution in [0.3, 0.4) is 0 Å². The van der Waals surface area contributed by atoms with Gasteiger partial charge >= 0.3 is 0 Å². The van der Waals surface area contributed by atoms with Crippen molar-refractivity contribution in [2.24, 2.45) is 45.3 Å². The van der Waals surface area contributed by atoms with Gasteiger partial charge in [-0.3, -0.25) is 9.59 Å². The van der Waals surface area contributed by atoms with Gasteiger partial charge in [0.25, 0.3) is 0 Å². The van der Waals surface area contributed by atoms with E-state index in [1.807, 2.05) is 26.8 Å². The fourth-order valence-corrected chi connectivity index (χ4v) is 9.71. The number of fused-ring (bicyclic) bond motifs is 5. The Morgan fingerprint density at radius 1 is 1.06 bits per heavy atom. The first kappa shape index (κ1) is 26.3. The van der Waals surface area contributed by atoms with Gasteiger partial charge in [0, 0.05) is 17.8 Å². The molecule has 10 atom stereocenters. The smallest absolute Gasteiger partial charge is 0.161 e. The molecule has 6 nitrogen and oxygen atoms in total. The Hall–Kier alpha value is -1.34. The van der Waals surface area contributed by atoms with Crippen molar-refractivity contribution < 1.29 is 29.6 Å². The number of hydrogen-bond acceptors (Lipinski definition) is 6. The summed E-state index contributed by atoms with van der Waals surface area (Å²) >= 11 is 0. The Morgan fingerprint density at radius 3 is 2.33 bits per heavy atom. The fourth-order valence-electron chi connectivity index (χ4n) is 9.71. The first-order chi connectivity index (χ1) is 16.5. The van der Waals surface area contributed by atoms with Crippen LogP contribution >= 0.6 is 0 Å². The number of aliphatic hydroxyl groups excluding tert-OH is 2. The highest BCUT2D eigenvalue weighted by Crippen LogP contribution is 2.71. The minimum Gasteiger partial charge on any atom is -0.393 e. The molecular formula is C30H44O6. The lowest BCUT2D eigenvalue weighted by Crippen LogP contribution is -2.66. The Kier molecular flexibility index (Phi) is 5.72. The van der Waals surface area contributed by atoms with E-state index in [1.165, 1.54) is 0 Å². The van der Waals surface area contributed by atoms with Crippen molar-refractivity contribution in [1.29, 1.82) is 0 Å². The van der Waals surface area contributed by atoms with Crippen molar-refractivity contribution in [1.82, 2.24) is 0 Å². The Balaban J connectivity index is 1.50. The molecule has 2 saturated carbocycles. The van der Waals surface area contributed by atoms with E-state index in [0.717, 1.165) is 12.0 Å². The topological polar surface area (TPSA) is 104 Å². The van der Waals surface area contributed by atoms with Crippen LogP contribution in [0.2, 0.25) is 0 Å². The highest BCUT2D eigenvalue weighted by atomic mass is 16.5. The molecule has 36 heavy (non-hydrogen) atoms. The van der Waals surface area contributed by atoms with Crippen LogP contribution in [0.25, 0.3) is 0 Å². The van der Waals surface area contributed by atoms with Crippen molar-refractivity contribution in [3.63, 3.8) is 0 Å². The maximum absolute atomic E-state index is 14.1. The molecule has 0 unspecified atom stereocenters. The lowest BCUT2D eigenvalue weighted by atomic mass is 9.38. The van der Waals surface area contributed by atoms with Crippen molar-refractivity contribution in [2.45, 2.75) is 98.1 Å². The van der Waals surface area contributed by atoms with Crippen LogP contribution in [0.4, 0.5) is 0 Å². The zero-order valence-electron chi connectivity index (χ0n) is 22.9. The second-order valence-corrected chi connectivity index (χ2v) is 14.3. The lowest BCUT2D eigenvalue weighted by Gasteiger charge is -2.65. The summed E-state index contributed by atoms with van der Waals surface area (Å²) in [6.07, 6.45) is 6.00. The molecule has 1 aliphatic heterocycles. The van der Waals surface area contributed by atoms with Gasteiger partial charge in [0.1, 0.15) is 11.9 Å². The van der Waals surface area contributed by atoms with Crippen molar-refractivity contribution in [2.75, 3.05) is 6.61 Å². The molecule has 1 heterocycles. The molecule has 0 aromatic rings. The first-order valence-electron chi connectivity index (χ1n) is 13.7. The van der Waals surface area contributed by atoms with E-state index >= 15 is 0 Å². The summed E-state index contributed by atoms with van der Waals surface area (Å²) in [5.41, 5.74) is -2.32. The summed E-state index contributed by atoms with van der Waals surface area (Å²) < 4.78 is 6.01. The molecule has 1 saturated heterocycles. The van der Waals surface area contributed by atoms with E-state index < -0.39 is 40.2 Å². The number of allylic oxidation sites excluding steroid dienone is 4. The maximum Gasteiger partial charge on any atom is 0.161 e. The van der Waals surface area contributed by atoms with E-state index in [4.69, 9.17) is 4.74 Å². The Morgan fingerprint density at radius 2 is 1.72 bits per heavy atom. The van der Waals surface area contributed by atoms with Crippen molar-refractivity contribution in [3.8, 4) is 0 Å². The number of carbonyl (C=O) groups excluding carboxylic acids is 2. The summed E-state index contributed by atoms with van der Waals surface area (Å²) in [6, 6.07) is 0. The molecule has 3 fully saturated rings. The molecule has 4 aliphatic carbocycles. The molecule has 0 amide bonds. The van der Waals surface area contributed by atoms with Crippen LogP contribution < -0.4 is 0 Å². The van der Waals surface area contributed by atoms with Crippen molar-refractivity contribution >= 4 is 11.6 Å². The normalized spacial score (nSPS) is 50.3. The van der Waals surface area contributed by atoms with Gasteiger partial charge < -0.3 is 20.1 Å². The van der Waals surface area contributed by atoms with Crippen LogP contribution in [0.1, 0.15) is 74.1 Å². The largest absolute Gasteiger partial charge is 0.393 e. The molecule has 3 N–H and O–H groups in total. The second-order valence-electron chi connectivity index (χ2n) is 14.3. The minimum atomic E-state index is -1.13. The predicted molar refractivity (Wildman–Crippen MR) is 136 cm³/mol. The molecule has 0 aromatic heterocycles. The molecule has 0 radical (unpaired) electrons. The molecule has 0 aromatic carbocycles. The highest BCUT2D eigenvalue weighted by molar-refractivity contribution is 5.98. The summed E-state index contributed by atoms with van der Waals surface area (Å²) in [6.45, 7) is 14.0. The summed E-state index contributed by atoms with van der Waals surface area (Å²) in [5, 5.41) is 33.1. The van der Waals surface area contributed by atoms with Crippen LogP contribution in [0.15, 0.2) is 23.8 Å². The third-order valence-electron chi connectivity index (χ3n) is 11.3. The fraction of sp³-hybridized carbons (Fsp3) is 0.800. The number of rotatable bonds is 2. The quantitative estimate of drug-likeness (QED) is 0.501. The molecule has 5 aliphatic rings. The summed E-state index contributed by atoms with van der Waals surface area (Å²) in [7, 11) is 0. The average Bonchev–Trinajstić information content (AvgIpc) is 3.10. The van der Waals surface area contributed by atoms with Crippen LogP contribution in [-0.4, -0.2) is 57.4 Å². The van der Waals surface area contributed by atoms with Gasteiger partial charge in [-0.1, -0.05) is 45.4 Å². The maximum atomic E-state index is 14.1. The van der Waals surface area contributed by atoms with Crippen molar-refractivity contribution in [3.05, 3.63) is 23.8 Å². The van der Waals surface area contributed by atoms with Crippen LogP contribution in [0, 0.1) is 45.3 Å². The Labute approximate surface area is 215 Å². The number of aliphatic hydroxyl groups is 3. The van der Waals surface area contributed by atoms with E-state index in [0.29, 0.717) is 25.9 Å². The number of ketones is 2. The zero-order valence-corrected chi connectivity index (χ0v) is 22.9. The van der Waals surface area contributed by atoms with Gasteiger partial charge in [-0.05, 0) is 74.7 Å². The van der Waals surface area contributed by atoms with Gasteiger partial charge in [0.05, 0.1) is 29.8 Å². The molecule has 200 valence electrons. The Bertz CT molecular complexity index is 1030. The van der Waals surface area contributed by atoms with Gasteiger partial charge in [0.2, 0.25) is 0 Å². The van der Waals surface area contributed by atoms with E-state index in [1.54, 1.807) is 19.9 Å². The molecular weight excluding hydrogens is 456 g/mol. The SMILES string of the molecule is CC(C)(O)[C@@H]1OC[C@@H]([C@@H]2CC=C3[C@]4(C)C(=O)C[C@@H]5C(C)(C)C(=O)C=C[C@]5(C)[C@@H]4[C@@H](O)C[C@]32C)C[C@@H]1O. The third-order valence-corrected chi connectivity index (χ3v) is 11.3. The molecule has 5 rings (SSSR count). The molecule has 6 heteroatoms. The number of ether oxygens (including phenoxy) is 1. The zero-order chi connectivity index (χ0) is 26.6. The van der Waals surface area contributed by atoms with Gasteiger partial charge in [-0.25, -0.2) is 0 Å². The molecule has 0 bridgehead atoms. The summed E-state index contributed by atoms with van der Waals surface area (Å²) in [5.74, 6) is -0.0633. The minimum absolute atomic E-state index is 0.0527. The van der Waals surface area contributed by atoms with Crippen LogP contribution in [-0.2, 0) is 14.3 Å². The van der Waals surface area contributed by atoms with Gasteiger partial charge in [-0.2, -0.15) is 0 Å². The number of hydrogen-bond donors (Lipinski definition) is 3. The number of Topliss-reactive ketones (excluding diaryl/α,β-unsaturated/α-hetero) is 1. The standard InChI is InChI=1S/C30H44O6/c1-26(2)21-13-23(34)30(7)20-9-8-17(16-12-18(31)25(36-15-16)27(3,4)35)29(20,6)14-19(32)24(30)28(21,5)11-10-22(26)33/h9-11,16-19,21,24-25,31-32,35H,8,12-15H2,1-7H3/t16-,17-,18-,19-,21+,24-,25+,28-,29-,30+/m0/s1. The van der Waals surface area contributed by atoms with E-state index in [-0.39, 0.29) is 40.7 Å². The number of carbonyl (C=O) groups is 2. The second kappa shape index (κ2) is 7.84. The summed E-state index contributed by atoms with van der Waals surface area (Å²) in [4.78, 5) is 26.9. The third kappa shape index (κ3) is 3.30. The highest BCUT2D eigenvalue weighted by Gasteiger charge is 2.70. The predicted octanol–water partition coefficient (Wildman–Crippen LogP) is 3.62. The van der Waals surface area contributed by atoms with E-state index in [9.17, 15) is 24.9 Å². The van der Waals surface area contributed by atoms with Gasteiger partial charge in [-0.15, -0.1) is 0 Å². The van der Waals surface area contributed by atoms with Crippen LogP contribution in [0.5, 0.6) is 0 Å². The average molecular weight is 501 g/mol. The molecule has 0 spiro atoms. The first-order valence-corrected chi connectivity index (χ1v) is 13.7. The van der Waals surface area contributed by atoms with E-state index in [2.05, 4.69) is 19.9 Å².